The van der Waals surface area contributed by atoms with E-state index >= 15 is 0 Å². The number of aromatic hydroxyl groups is 4. The van der Waals surface area contributed by atoms with Crippen LogP contribution in [0.15, 0.2) is 41.5 Å². The molecule has 0 atom stereocenters. The van der Waals surface area contributed by atoms with E-state index in [0.29, 0.717) is 45.4 Å². The third-order valence-corrected chi connectivity index (χ3v) is 5.39. The van der Waals surface area contributed by atoms with Crippen molar-refractivity contribution in [3.8, 4) is 23.0 Å². The molecule has 13 heteroatoms. The molecule has 42 heavy (non-hydrogen) atoms. The lowest BCUT2D eigenvalue weighted by atomic mass is 9.99. The molecule has 0 saturated heterocycles. The number of aryl methyl sites for hydroxylation is 3. The van der Waals surface area contributed by atoms with Crippen LogP contribution in [-0.2, 0) is 25.5 Å². The van der Waals surface area contributed by atoms with Crippen molar-refractivity contribution in [3.63, 3.8) is 0 Å². The minimum atomic E-state index is -3.67. The summed E-state index contributed by atoms with van der Waals surface area (Å²) in [6.45, 7) is 10.0. The normalized spacial score (nSPS) is 10.3. The zero-order valence-corrected chi connectivity index (χ0v) is 24.4. The summed E-state index contributed by atoms with van der Waals surface area (Å²) in [6, 6.07) is 4.61. The Balaban J connectivity index is -0.000000540. The van der Waals surface area contributed by atoms with Crippen molar-refractivity contribution in [3.05, 3.63) is 69.3 Å². The van der Waals surface area contributed by atoms with E-state index in [1.165, 1.54) is 26.4 Å². The summed E-state index contributed by atoms with van der Waals surface area (Å²) in [6.07, 6.45) is 3.44. The van der Waals surface area contributed by atoms with Crippen LogP contribution in [0.25, 0.3) is 0 Å². The first-order chi connectivity index (χ1) is 18.9. The molecule has 0 amide bonds. The zero-order valence-electron chi connectivity index (χ0n) is 24.4. The van der Waals surface area contributed by atoms with Crippen LogP contribution >= 0.6 is 0 Å². The fourth-order valence-corrected chi connectivity index (χ4v) is 2.87. The van der Waals surface area contributed by atoms with E-state index in [4.69, 9.17) is 15.3 Å². The molecule has 2 aromatic rings. The lowest BCUT2D eigenvalue weighted by Crippen LogP contribution is -2.02. The Labute approximate surface area is 245 Å². The van der Waals surface area contributed by atoms with Gasteiger partial charge in [-0.1, -0.05) is 13.5 Å². The number of carbonyl (C=O) groups excluding carboxylic acids is 2. The van der Waals surface area contributed by atoms with Crippen LogP contribution in [0.5, 0.6) is 23.0 Å². The van der Waals surface area contributed by atoms with E-state index in [1.54, 1.807) is 59.8 Å². The fourth-order valence-electron chi connectivity index (χ4n) is 2.87. The Hall–Kier alpha value is -4.13. The first-order valence-corrected chi connectivity index (χ1v) is 12.0. The van der Waals surface area contributed by atoms with Gasteiger partial charge in [-0.15, -0.1) is 0 Å². The zero-order chi connectivity index (χ0) is 32.4. The van der Waals surface area contributed by atoms with Gasteiger partial charge in [0, 0.05) is 16.7 Å². The molecule has 5 N–H and O–H groups in total. The van der Waals surface area contributed by atoms with Crippen molar-refractivity contribution in [2.75, 3.05) is 20.8 Å². The van der Waals surface area contributed by atoms with Crippen LogP contribution in [0, 0.1) is 27.7 Å². The van der Waals surface area contributed by atoms with E-state index in [9.17, 15) is 32.7 Å². The molecule has 0 unspecified atom stereocenters. The molecule has 0 radical (unpaired) electrons. The Morgan fingerprint density at radius 2 is 1.12 bits per heavy atom. The second-order valence-corrected chi connectivity index (χ2v) is 8.48. The predicted molar refractivity (Wildman–Crippen MR) is 157 cm³/mol. The second kappa shape index (κ2) is 21.6. The largest absolute Gasteiger partial charge is 0.762 e. The number of hydrogen-bond donors (Lipinski definition) is 5. The molecule has 236 valence electrons. The van der Waals surface area contributed by atoms with Gasteiger partial charge in [0.05, 0.1) is 20.8 Å². The summed E-state index contributed by atoms with van der Waals surface area (Å²) in [7, 11) is -1.04. The molecule has 2 aromatic carbocycles. The van der Waals surface area contributed by atoms with Gasteiger partial charge in [-0.05, 0) is 94.5 Å². The van der Waals surface area contributed by atoms with Gasteiger partial charge in [-0.25, -0.2) is 9.59 Å². The van der Waals surface area contributed by atoms with Crippen LogP contribution in [0.4, 0.5) is 12.9 Å². The highest BCUT2D eigenvalue weighted by Gasteiger charge is 2.12. The summed E-state index contributed by atoms with van der Waals surface area (Å²) in [5.74, 6) is -0.0395. The van der Waals surface area contributed by atoms with E-state index in [1.807, 2.05) is 0 Å². The molecule has 0 heterocycles. The Kier molecular flexibility index (Phi) is 21.8. The van der Waals surface area contributed by atoms with Gasteiger partial charge >= 0.3 is 19.5 Å². The number of benzene rings is 2. The number of methoxy groups -OCH3 is 2. The van der Waals surface area contributed by atoms with Crippen molar-refractivity contribution in [1.29, 1.82) is 0 Å². The van der Waals surface area contributed by atoms with Crippen molar-refractivity contribution >= 4 is 19.5 Å². The standard InChI is InChI=1S/C14H18O4.C8H10O2.C6H10O3.CH4.BF3/c1-8(14(17)18-4)5-6-11-10(3)12(15)7-9(2)13(11)16;1-5-3-8(10)6(2)4-7(5)9;1-5(3-4-7)6(8)9-2;;2-1(3)4/h5,7,15-16H,6H2,1-4H3;3-4,9-10H,1-2H3;3,7H,4H2,1-2H3;1H4;/b8-5+;;5-3+;;. The Bertz CT molecular complexity index is 1130. The molecular weight excluding hydrogens is 560 g/mol. The number of hydrogen-bond acceptors (Lipinski definition) is 9. The summed E-state index contributed by atoms with van der Waals surface area (Å²) in [5.41, 5.74) is 4.14. The molecular formula is C29H42BF3O9. The van der Waals surface area contributed by atoms with Crippen LogP contribution in [0.2, 0.25) is 0 Å². The van der Waals surface area contributed by atoms with Crippen molar-refractivity contribution < 1.29 is 57.5 Å². The highest BCUT2D eigenvalue weighted by molar-refractivity contribution is 6.33. The van der Waals surface area contributed by atoms with Gasteiger partial charge in [0.1, 0.15) is 23.0 Å². The minimum Gasteiger partial charge on any atom is -0.508 e. The van der Waals surface area contributed by atoms with Crippen molar-refractivity contribution in [2.24, 2.45) is 0 Å². The summed E-state index contributed by atoms with van der Waals surface area (Å²) < 4.78 is 37.9. The van der Waals surface area contributed by atoms with Crippen LogP contribution in [0.3, 0.4) is 0 Å². The molecule has 0 aliphatic carbocycles. The van der Waals surface area contributed by atoms with Gasteiger partial charge < -0.3 is 35.0 Å². The lowest BCUT2D eigenvalue weighted by molar-refractivity contribution is -0.136. The Morgan fingerprint density at radius 3 is 1.48 bits per heavy atom. The number of esters is 2. The third kappa shape index (κ3) is 16.2. The van der Waals surface area contributed by atoms with Crippen LogP contribution < -0.4 is 0 Å². The smallest absolute Gasteiger partial charge is 0.508 e. The molecule has 0 aromatic heterocycles. The third-order valence-electron chi connectivity index (χ3n) is 5.39. The maximum Gasteiger partial charge on any atom is 0.762 e. The number of phenolic OH excluding ortho intramolecular Hbond substituents is 4. The first kappa shape index (κ1) is 42.3. The number of halogens is 3. The summed E-state index contributed by atoms with van der Waals surface area (Å²) in [5, 5.41) is 46.2. The van der Waals surface area contributed by atoms with Crippen LogP contribution in [-0.4, -0.2) is 65.8 Å². The quantitative estimate of drug-likeness (QED) is 0.125. The number of phenols is 4. The minimum absolute atomic E-state index is 0. The Morgan fingerprint density at radius 1 is 0.762 bits per heavy atom. The average molecular weight is 602 g/mol. The van der Waals surface area contributed by atoms with Gasteiger partial charge in [0.25, 0.3) is 0 Å². The molecule has 0 bridgehead atoms. The lowest BCUT2D eigenvalue weighted by Gasteiger charge is -2.11. The number of ether oxygens (including phenoxy) is 2. The SMILES string of the molecule is C.COC(=O)/C(C)=C/CO.COC(=O)/C(C)=C/Cc1c(C)c(O)cc(C)c1O.Cc1cc(O)c(C)cc1O.FB(F)F. The van der Waals surface area contributed by atoms with Crippen LogP contribution in [0.1, 0.15) is 49.1 Å². The maximum atomic E-state index is 11.2. The fraction of sp³-hybridized carbons (Fsp3) is 0.379. The van der Waals surface area contributed by atoms with E-state index in [-0.39, 0.29) is 37.0 Å². The molecule has 9 nitrogen and oxygen atoms in total. The second-order valence-electron chi connectivity index (χ2n) is 8.48. The van der Waals surface area contributed by atoms with E-state index in [0.717, 1.165) is 0 Å². The number of aliphatic hydroxyl groups is 1. The highest BCUT2D eigenvalue weighted by Crippen LogP contribution is 2.32. The summed E-state index contributed by atoms with van der Waals surface area (Å²) >= 11 is 0. The number of rotatable bonds is 5. The number of carbonyl (C=O) groups is 2. The summed E-state index contributed by atoms with van der Waals surface area (Å²) in [4.78, 5) is 21.7. The number of aliphatic hydroxyl groups excluding tert-OH is 1. The van der Waals surface area contributed by atoms with Gasteiger partial charge in [-0.2, -0.15) is 0 Å². The maximum absolute atomic E-state index is 11.2. The predicted octanol–water partition coefficient (Wildman–Crippen LogP) is 5.70. The first-order valence-electron chi connectivity index (χ1n) is 12.0. The van der Waals surface area contributed by atoms with Gasteiger partial charge in [0.2, 0.25) is 0 Å². The van der Waals surface area contributed by atoms with Crippen molar-refractivity contribution in [1.82, 2.24) is 0 Å². The molecule has 0 spiro atoms. The molecule has 2 rings (SSSR count). The highest BCUT2D eigenvalue weighted by atomic mass is 19.4. The topological polar surface area (TPSA) is 154 Å². The van der Waals surface area contributed by atoms with E-state index < -0.39 is 19.5 Å². The van der Waals surface area contributed by atoms with Crippen molar-refractivity contribution in [2.45, 2.75) is 55.4 Å². The average Bonchev–Trinajstić information content (AvgIpc) is 2.90. The molecule has 0 aliphatic heterocycles. The molecule has 0 fully saturated rings. The molecule has 0 aliphatic rings. The molecule has 0 saturated carbocycles. The van der Waals surface area contributed by atoms with E-state index in [2.05, 4.69) is 9.47 Å². The van der Waals surface area contributed by atoms with Gasteiger partial charge in [0.15, 0.2) is 0 Å². The van der Waals surface area contributed by atoms with Gasteiger partial charge in [-0.3, -0.25) is 12.9 Å². The number of allylic oxidation sites excluding steroid dienone is 1. The monoisotopic (exact) mass is 602 g/mol.